The predicted octanol–water partition coefficient (Wildman–Crippen LogP) is 3.03. The van der Waals surface area contributed by atoms with Crippen molar-refractivity contribution in [1.82, 2.24) is 0 Å². The first-order chi connectivity index (χ1) is 9.88. The zero-order valence-electron chi connectivity index (χ0n) is 11.7. The van der Waals surface area contributed by atoms with E-state index < -0.39 is 11.5 Å². The van der Waals surface area contributed by atoms with Crippen molar-refractivity contribution in [3.63, 3.8) is 0 Å². The van der Waals surface area contributed by atoms with Crippen LogP contribution in [-0.4, -0.2) is 22.5 Å². The summed E-state index contributed by atoms with van der Waals surface area (Å²) in [6.45, 7) is 0. The molecule has 1 amide bonds. The fraction of sp³-hybridized carbons (Fsp3) is 0.467. The maximum atomic E-state index is 12.1. The molecule has 1 aliphatic carbocycles. The lowest BCUT2D eigenvalue weighted by atomic mass is 9.80. The third kappa shape index (κ3) is 4.44. The Hall–Kier alpha value is -1.59. The van der Waals surface area contributed by atoms with Gasteiger partial charge in [0.25, 0.3) is 0 Å². The Kier molecular flexibility index (Phi) is 4.85. The van der Waals surface area contributed by atoms with Crippen molar-refractivity contribution in [2.75, 3.05) is 5.32 Å². The minimum absolute atomic E-state index is 0.0397. The number of halogens is 1. The minimum atomic E-state index is -1.09. The number of benzene rings is 1. The molecule has 1 aromatic carbocycles. The van der Waals surface area contributed by atoms with Gasteiger partial charge in [-0.2, -0.15) is 0 Å². The van der Waals surface area contributed by atoms with Crippen molar-refractivity contribution in [3.8, 4) is 0 Å². The van der Waals surface area contributed by atoms with Gasteiger partial charge in [-0.05, 0) is 31.0 Å². The molecule has 5 nitrogen and oxygen atoms in total. The van der Waals surface area contributed by atoms with Gasteiger partial charge in [0.05, 0.1) is 5.56 Å². The van der Waals surface area contributed by atoms with Crippen molar-refractivity contribution in [2.45, 2.75) is 44.1 Å². The van der Waals surface area contributed by atoms with Gasteiger partial charge in [-0.25, -0.2) is 4.79 Å². The van der Waals surface area contributed by atoms with E-state index in [1.165, 1.54) is 18.2 Å². The normalized spacial score (nSPS) is 17.2. The molecule has 0 heterocycles. The molecule has 1 aliphatic rings. The van der Waals surface area contributed by atoms with Crippen molar-refractivity contribution in [1.29, 1.82) is 0 Å². The highest BCUT2D eigenvalue weighted by molar-refractivity contribution is 6.31. The summed E-state index contributed by atoms with van der Waals surface area (Å²) in [5.41, 5.74) is 6.21. The fourth-order valence-corrected chi connectivity index (χ4v) is 2.98. The summed E-state index contributed by atoms with van der Waals surface area (Å²) < 4.78 is 0. The number of carboxylic acids is 1. The van der Waals surface area contributed by atoms with Crippen LogP contribution in [0, 0.1) is 0 Å². The number of nitrogens with one attached hydrogen (secondary N) is 1. The highest BCUT2D eigenvalue weighted by Gasteiger charge is 2.30. The summed E-state index contributed by atoms with van der Waals surface area (Å²) in [6, 6.07) is 4.25. The standard InChI is InChI=1S/C15H19ClN2O3/c16-11-6-10(14(20)21)7-12(8-11)18-13(19)9-15(17)4-2-1-3-5-15/h6-8H,1-5,9,17H2,(H,18,19)(H,20,21). The predicted molar refractivity (Wildman–Crippen MR) is 81.7 cm³/mol. The number of anilines is 1. The number of hydrogen-bond acceptors (Lipinski definition) is 3. The first kappa shape index (κ1) is 15.8. The Balaban J connectivity index is 2.04. The molecule has 0 aliphatic heterocycles. The van der Waals surface area contributed by atoms with Gasteiger partial charge in [0, 0.05) is 22.7 Å². The molecule has 1 saturated carbocycles. The highest BCUT2D eigenvalue weighted by Crippen LogP contribution is 2.29. The largest absolute Gasteiger partial charge is 0.478 e. The van der Waals surface area contributed by atoms with Gasteiger partial charge in [0.2, 0.25) is 5.91 Å². The third-order valence-electron chi connectivity index (χ3n) is 3.79. The average molecular weight is 311 g/mol. The summed E-state index contributed by atoms with van der Waals surface area (Å²) in [4.78, 5) is 23.1. The van der Waals surface area contributed by atoms with E-state index in [9.17, 15) is 9.59 Å². The van der Waals surface area contributed by atoms with Crippen LogP contribution < -0.4 is 11.1 Å². The van der Waals surface area contributed by atoms with Crippen LogP contribution in [0.5, 0.6) is 0 Å². The minimum Gasteiger partial charge on any atom is -0.478 e. The molecule has 0 atom stereocenters. The molecule has 1 aromatic rings. The number of carbonyl (C=O) groups excluding carboxylic acids is 1. The number of nitrogens with two attached hydrogens (primary N) is 1. The van der Waals surface area contributed by atoms with Crippen LogP contribution in [-0.2, 0) is 4.79 Å². The van der Waals surface area contributed by atoms with Crippen molar-refractivity contribution in [2.24, 2.45) is 5.73 Å². The molecule has 1 fully saturated rings. The molecule has 114 valence electrons. The van der Waals surface area contributed by atoms with Crippen LogP contribution in [0.1, 0.15) is 48.9 Å². The van der Waals surface area contributed by atoms with E-state index in [0.29, 0.717) is 5.69 Å². The topological polar surface area (TPSA) is 92.4 Å². The van der Waals surface area contributed by atoms with Gasteiger partial charge in [-0.3, -0.25) is 4.79 Å². The summed E-state index contributed by atoms with van der Waals surface area (Å²) >= 11 is 5.86. The van der Waals surface area contributed by atoms with E-state index in [0.717, 1.165) is 32.1 Å². The lowest BCUT2D eigenvalue weighted by Gasteiger charge is -2.32. The Morgan fingerprint density at radius 3 is 2.52 bits per heavy atom. The van der Waals surface area contributed by atoms with Gasteiger partial charge < -0.3 is 16.2 Å². The van der Waals surface area contributed by atoms with Crippen LogP contribution in [0.25, 0.3) is 0 Å². The highest BCUT2D eigenvalue weighted by atomic mass is 35.5. The number of carboxylic acid groups (broad SMARTS) is 1. The van der Waals surface area contributed by atoms with E-state index in [1.807, 2.05) is 0 Å². The Morgan fingerprint density at radius 1 is 1.24 bits per heavy atom. The monoisotopic (exact) mass is 310 g/mol. The molecule has 0 radical (unpaired) electrons. The molecule has 0 spiro atoms. The summed E-state index contributed by atoms with van der Waals surface area (Å²) in [7, 11) is 0. The van der Waals surface area contributed by atoms with E-state index in [4.69, 9.17) is 22.4 Å². The average Bonchev–Trinajstić information content (AvgIpc) is 2.37. The molecule has 0 aromatic heterocycles. The molecule has 0 saturated heterocycles. The Bertz CT molecular complexity index is 554. The molecule has 4 N–H and O–H groups in total. The maximum Gasteiger partial charge on any atom is 0.335 e. The quantitative estimate of drug-likeness (QED) is 0.797. The molecular formula is C15H19ClN2O3. The first-order valence-electron chi connectivity index (χ1n) is 7.01. The van der Waals surface area contributed by atoms with Crippen LogP contribution in [0.15, 0.2) is 18.2 Å². The maximum absolute atomic E-state index is 12.1. The Labute approximate surface area is 128 Å². The molecule has 21 heavy (non-hydrogen) atoms. The third-order valence-corrected chi connectivity index (χ3v) is 4.01. The van der Waals surface area contributed by atoms with Crippen LogP contribution >= 0.6 is 11.6 Å². The molecular weight excluding hydrogens is 292 g/mol. The van der Waals surface area contributed by atoms with Crippen molar-refractivity contribution in [3.05, 3.63) is 28.8 Å². The SMILES string of the molecule is NC1(CC(=O)Nc2cc(Cl)cc(C(=O)O)c2)CCCCC1. The van der Waals surface area contributed by atoms with Crippen molar-refractivity contribution < 1.29 is 14.7 Å². The van der Waals surface area contributed by atoms with E-state index >= 15 is 0 Å². The summed E-state index contributed by atoms with van der Waals surface area (Å²) in [5, 5.41) is 11.9. The summed E-state index contributed by atoms with van der Waals surface area (Å²) in [5.74, 6) is -1.30. The number of carbonyl (C=O) groups is 2. The van der Waals surface area contributed by atoms with Gasteiger partial charge in [0.1, 0.15) is 0 Å². The molecule has 2 rings (SSSR count). The van der Waals surface area contributed by atoms with E-state index in [2.05, 4.69) is 5.32 Å². The second kappa shape index (κ2) is 6.45. The van der Waals surface area contributed by atoms with Crippen LogP contribution in [0.4, 0.5) is 5.69 Å². The fourth-order valence-electron chi connectivity index (χ4n) is 2.74. The van der Waals surface area contributed by atoms with E-state index in [-0.39, 0.29) is 22.9 Å². The smallest absolute Gasteiger partial charge is 0.335 e. The molecule has 0 bridgehead atoms. The lowest BCUT2D eigenvalue weighted by molar-refractivity contribution is -0.117. The lowest BCUT2D eigenvalue weighted by Crippen LogP contribution is -2.44. The van der Waals surface area contributed by atoms with Gasteiger partial charge in [0.15, 0.2) is 0 Å². The molecule has 6 heteroatoms. The molecule has 0 unspecified atom stereocenters. The van der Waals surface area contributed by atoms with Gasteiger partial charge in [-0.1, -0.05) is 30.9 Å². The van der Waals surface area contributed by atoms with Crippen LogP contribution in [0.2, 0.25) is 5.02 Å². The first-order valence-corrected chi connectivity index (χ1v) is 7.38. The van der Waals surface area contributed by atoms with Crippen molar-refractivity contribution >= 4 is 29.2 Å². The second-order valence-corrected chi connectivity index (χ2v) is 6.12. The zero-order chi connectivity index (χ0) is 15.5. The van der Waals surface area contributed by atoms with Gasteiger partial charge in [-0.15, -0.1) is 0 Å². The van der Waals surface area contributed by atoms with Gasteiger partial charge >= 0.3 is 5.97 Å². The number of amides is 1. The second-order valence-electron chi connectivity index (χ2n) is 5.68. The number of rotatable bonds is 4. The number of hydrogen-bond donors (Lipinski definition) is 3. The summed E-state index contributed by atoms with van der Waals surface area (Å²) in [6.07, 6.45) is 5.18. The zero-order valence-corrected chi connectivity index (χ0v) is 12.4. The number of aromatic carboxylic acids is 1. The van der Waals surface area contributed by atoms with Crippen LogP contribution in [0.3, 0.4) is 0 Å². The van der Waals surface area contributed by atoms with E-state index in [1.54, 1.807) is 0 Å². The Morgan fingerprint density at radius 2 is 1.90 bits per heavy atom.